The van der Waals surface area contributed by atoms with Gasteiger partial charge < -0.3 is 14.6 Å². The number of anilines is 1. The monoisotopic (exact) mass is 342 g/mol. The Kier molecular flexibility index (Phi) is 4.49. The fourth-order valence-corrected chi connectivity index (χ4v) is 2.96. The van der Waals surface area contributed by atoms with Crippen LogP contribution in [0.4, 0.5) is 5.69 Å². The van der Waals surface area contributed by atoms with E-state index in [-0.39, 0.29) is 12.3 Å². The molecule has 5 heteroatoms. The van der Waals surface area contributed by atoms with Crippen LogP contribution in [-0.4, -0.2) is 24.0 Å². The molecule has 0 bridgehead atoms. The van der Waals surface area contributed by atoms with Gasteiger partial charge in [-0.2, -0.15) is 0 Å². The Labute approximate surface area is 146 Å². The van der Waals surface area contributed by atoms with Crippen LogP contribution in [0.15, 0.2) is 42.6 Å². The molecule has 0 fully saturated rings. The summed E-state index contributed by atoms with van der Waals surface area (Å²) < 4.78 is 7.30. The van der Waals surface area contributed by atoms with Crippen molar-refractivity contribution in [1.82, 2.24) is 4.57 Å². The smallest absolute Gasteiger partial charge is 0.184 e. The molecular formula is C19H19ClN2O2. The van der Waals surface area contributed by atoms with Crippen LogP contribution >= 0.6 is 11.6 Å². The Bertz CT molecular complexity index is 915. The van der Waals surface area contributed by atoms with Crippen molar-refractivity contribution in [3.63, 3.8) is 0 Å². The third-order valence-electron chi connectivity index (χ3n) is 4.12. The van der Waals surface area contributed by atoms with Crippen LogP contribution in [0, 0.1) is 6.92 Å². The number of methoxy groups -OCH3 is 1. The predicted molar refractivity (Wildman–Crippen MR) is 98.5 cm³/mol. The van der Waals surface area contributed by atoms with Gasteiger partial charge in [-0.3, -0.25) is 4.79 Å². The molecule has 0 aliphatic carbocycles. The van der Waals surface area contributed by atoms with Gasteiger partial charge in [-0.25, -0.2) is 0 Å². The fourth-order valence-electron chi connectivity index (χ4n) is 2.80. The molecule has 124 valence electrons. The first kappa shape index (κ1) is 16.4. The molecule has 1 aromatic heterocycles. The van der Waals surface area contributed by atoms with Gasteiger partial charge in [0.25, 0.3) is 0 Å². The number of carbonyl (C=O) groups excluding carboxylic acids is 1. The highest BCUT2D eigenvalue weighted by atomic mass is 35.5. The number of rotatable bonds is 5. The number of fused-ring (bicyclic) bond motifs is 1. The number of Topliss-reactive ketones (excluding diaryl/α,β-unsaturated/α-hetero) is 1. The number of aromatic nitrogens is 1. The summed E-state index contributed by atoms with van der Waals surface area (Å²) >= 11 is 6.11. The van der Waals surface area contributed by atoms with E-state index in [0.717, 1.165) is 22.2 Å². The number of carbonyl (C=O) groups is 1. The van der Waals surface area contributed by atoms with Crippen LogP contribution in [0.2, 0.25) is 5.02 Å². The molecule has 0 atom stereocenters. The number of para-hydroxylation sites is 1. The van der Waals surface area contributed by atoms with E-state index in [1.165, 1.54) is 0 Å². The molecule has 0 saturated carbocycles. The molecule has 1 N–H and O–H groups in total. The molecule has 3 aromatic rings. The highest BCUT2D eigenvalue weighted by molar-refractivity contribution is 6.31. The minimum atomic E-state index is 0.0291. The van der Waals surface area contributed by atoms with E-state index in [1.54, 1.807) is 13.2 Å². The summed E-state index contributed by atoms with van der Waals surface area (Å²) in [6.45, 7) is 2.10. The van der Waals surface area contributed by atoms with E-state index in [9.17, 15) is 4.79 Å². The lowest BCUT2D eigenvalue weighted by Gasteiger charge is -2.12. The fraction of sp³-hybridized carbons (Fsp3) is 0.211. The molecule has 0 aliphatic rings. The van der Waals surface area contributed by atoms with E-state index in [2.05, 4.69) is 5.32 Å². The van der Waals surface area contributed by atoms with Crippen molar-refractivity contribution in [1.29, 1.82) is 0 Å². The normalized spacial score (nSPS) is 10.8. The van der Waals surface area contributed by atoms with E-state index < -0.39 is 0 Å². The average Bonchev–Trinajstić information content (AvgIpc) is 2.92. The molecule has 0 saturated heterocycles. The third-order valence-corrected chi connectivity index (χ3v) is 4.52. The molecule has 24 heavy (non-hydrogen) atoms. The van der Waals surface area contributed by atoms with Crippen LogP contribution in [0.1, 0.15) is 15.9 Å². The van der Waals surface area contributed by atoms with E-state index in [4.69, 9.17) is 16.3 Å². The number of hydrogen-bond donors (Lipinski definition) is 1. The van der Waals surface area contributed by atoms with E-state index in [1.807, 2.05) is 55.1 Å². The maximum atomic E-state index is 12.7. The molecule has 1 heterocycles. The van der Waals surface area contributed by atoms with Gasteiger partial charge in [0, 0.05) is 40.8 Å². The zero-order valence-electron chi connectivity index (χ0n) is 13.9. The Morgan fingerprint density at radius 3 is 2.79 bits per heavy atom. The first-order valence-electron chi connectivity index (χ1n) is 7.66. The molecule has 0 aliphatic heterocycles. The number of nitrogens with zero attached hydrogens (tertiary/aromatic N) is 1. The number of halogens is 1. The molecule has 4 nitrogen and oxygen atoms in total. The van der Waals surface area contributed by atoms with Gasteiger partial charge in [0.2, 0.25) is 0 Å². The lowest BCUT2D eigenvalue weighted by atomic mass is 10.1. The summed E-state index contributed by atoms with van der Waals surface area (Å²) in [4.78, 5) is 12.7. The van der Waals surface area contributed by atoms with Crippen molar-refractivity contribution in [2.24, 2.45) is 7.05 Å². The molecular weight excluding hydrogens is 324 g/mol. The van der Waals surface area contributed by atoms with Crippen LogP contribution in [0.3, 0.4) is 0 Å². The van der Waals surface area contributed by atoms with Crippen molar-refractivity contribution in [3.05, 3.63) is 58.7 Å². The van der Waals surface area contributed by atoms with Crippen LogP contribution in [-0.2, 0) is 7.05 Å². The first-order chi connectivity index (χ1) is 11.5. The van der Waals surface area contributed by atoms with Crippen molar-refractivity contribution in [2.45, 2.75) is 6.92 Å². The predicted octanol–water partition coefficient (Wildman–Crippen LogP) is 4.44. The number of hydrogen-bond acceptors (Lipinski definition) is 3. The Morgan fingerprint density at radius 2 is 2.04 bits per heavy atom. The molecule has 0 radical (unpaired) electrons. The lowest BCUT2D eigenvalue weighted by Crippen LogP contribution is -2.14. The molecule has 0 unspecified atom stereocenters. The minimum Gasteiger partial charge on any atom is -0.495 e. The summed E-state index contributed by atoms with van der Waals surface area (Å²) in [5, 5.41) is 4.76. The highest BCUT2D eigenvalue weighted by Gasteiger charge is 2.14. The van der Waals surface area contributed by atoms with Crippen molar-refractivity contribution in [3.8, 4) is 5.75 Å². The number of aryl methyl sites for hydroxylation is 2. The van der Waals surface area contributed by atoms with E-state index in [0.29, 0.717) is 16.3 Å². The Hall–Kier alpha value is -2.46. The lowest BCUT2D eigenvalue weighted by molar-refractivity contribution is 0.101. The maximum absolute atomic E-state index is 12.7. The van der Waals surface area contributed by atoms with Gasteiger partial charge in [-0.15, -0.1) is 0 Å². The third kappa shape index (κ3) is 2.97. The molecule has 0 amide bonds. The second kappa shape index (κ2) is 6.57. The zero-order chi connectivity index (χ0) is 17.3. The zero-order valence-corrected chi connectivity index (χ0v) is 14.6. The largest absolute Gasteiger partial charge is 0.495 e. The SMILES string of the molecule is COc1cc(Cl)c(C)cc1NCC(=O)c1cn(C)c2ccccc12. The molecule has 0 spiro atoms. The topological polar surface area (TPSA) is 43.3 Å². The van der Waals surface area contributed by atoms with Gasteiger partial charge >= 0.3 is 0 Å². The second-order valence-corrected chi connectivity index (χ2v) is 6.16. The number of ether oxygens (including phenoxy) is 1. The van der Waals surface area contributed by atoms with Gasteiger partial charge in [0.05, 0.1) is 19.3 Å². The van der Waals surface area contributed by atoms with Crippen molar-refractivity contribution in [2.75, 3.05) is 19.0 Å². The second-order valence-electron chi connectivity index (χ2n) is 5.75. The highest BCUT2D eigenvalue weighted by Crippen LogP contribution is 2.31. The first-order valence-corrected chi connectivity index (χ1v) is 8.04. The standard InChI is InChI=1S/C19H19ClN2O2/c1-12-8-16(19(24-3)9-15(12)20)21-10-18(23)14-11-22(2)17-7-5-4-6-13(14)17/h4-9,11,21H,10H2,1-3H3. The van der Waals surface area contributed by atoms with Gasteiger partial charge in [-0.1, -0.05) is 29.8 Å². The Balaban J connectivity index is 1.84. The van der Waals surface area contributed by atoms with Crippen LogP contribution in [0.25, 0.3) is 10.9 Å². The van der Waals surface area contributed by atoms with Gasteiger partial charge in [0.1, 0.15) is 5.75 Å². The number of nitrogens with one attached hydrogen (secondary N) is 1. The van der Waals surface area contributed by atoms with Crippen LogP contribution in [0.5, 0.6) is 5.75 Å². The van der Waals surface area contributed by atoms with Gasteiger partial charge in [-0.05, 0) is 24.6 Å². The summed E-state index contributed by atoms with van der Waals surface area (Å²) in [5.74, 6) is 0.651. The van der Waals surface area contributed by atoms with E-state index >= 15 is 0 Å². The van der Waals surface area contributed by atoms with Gasteiger partial charge in [0.15, 0.2) is 5.78 Å². The Morgan fingerprint density at radius 1 is 1.29 bits per heavy atom. The summed E-state index contributed by atoms with van der Waals surface area (Å²) in [7, 11) is 3.52. The molecule has 2 aromatic carbocycles. The number of benzene rings is 2. The van der Waals surface area contributed by atoms with Crippen LogP contribution < -0.4 is 10.1 Å². The average molecular weight is 343 g/mol. The maximum Gasteiger partial charge on any atom is 0.184 e. The summed E-state index contributed by atoms with van der Waals surface area (Å²) in [6.07, 6.45) is 1.87. The molecule has 3 rings (SSSR count). The summed E-state index contributed by atoms with van der Waals surface area (Å²) in [5.41, 5.74) is 3.44. The minimum absolute atomic E-state index is 0.0291. The quantitative estimate of drug-likeness (QED) is 0.697. The van der Waals surface area contributed by atoms with Crippen molar-refractivity contribution < 1.29 is 9.53 Å². The summed E-state index contributed by atoms with van der Waals surface area (Å²) in [6, 6.07) is 11.5. The van der Waals surface area contributed by atoms with Crippen molar-refractivity contribution >= 4 is 34.0 Å². The number of ketones is 1.